The summed E-state index contributed by atoms with van der Waals surface area (Å²) in [5.41, 5.74) is 0.805. The quantitative estimate of drug-likeness (QED) is 0.831. The van der Waals surface area contributed by atoms with Crippen molar-refractivity contribution in [2.75, 3.05) is 12.9 Å². The van der Waals surface area contributed by atoms with Crippen LogP contribution in [0.25, 0.3) is 6.08 Å². The highest BCUT2D eigenvalue weighted by molar-refractivity contribution is 8.13. The molecule has 16 heavy (non-hydrogen) atoms. The van der Waals surface area contributed by atoms with Crippen molar-refractivity contribution >= 4 is 34.6 Å². The van der Waals surface area contributed by atoms with Crippen molar-refractivity contribution in [1.82, 2.24) is 4.98 Å². The van der Waals surface area contributed by atoms with Crippen LogP contribution in [0.15, 0.2) is 18.3 Å². The molecule has 86 valence electrons. The molecular weight excluding hydrogens is 246 g/mol. The Morgan fingerprint density at radius 1 is 1.69 bits per heavy atom. The Kier molecular flexibility index (Phi) is 5.35. The van der Waals surface area contributed by atoms with Gasteiger partial charge in [0, 0.05) is 24.4 Å². The lowest BCUT2D eigenvalue weighted by molar-refractivity contribution is -0.109. The van der Waals surface area contributed by atoms with Crippen LogP contribution in [0.5, 0.6) is 5.88 Å². The van der Waals surface area contributed by atoms with Crippen molar-refractivity contribution in [3.63, 3.8) is 0 Å². The van der Waals surface area contributed by atoms with Crippen LogP contribution in [-0.2, 0) is 4.79 Å². The molecule has 0 N–H and O–H groups in total. The number of hydrogen-bond donors (Lipinski definition) is 0. The van der Waals surface area contributed by atoms with Gasteiger partial charge >= 0.3 is 0 Å². The van der Waals surface area contributed by atoms with E-state index in [1.54, 1.807) is 20.1 Å². The van der Waals surface area contributed by atoms with Crippen molar-refractivity contribution in [1.29, 1.82) is 0 Å². The zero-order valence-electron chi connectivity index (χ0n) is 9.07. The summed E-state index contributed by atoms with van der Waals surface area (Å²) < 4.78 is 5.08. The van der Waals surface area contributed by atoms with E-state index < -0.39 is 0 Å². The van der Waals surface area contributed by atoms with E-state index in [1.807, 2.05) is 12.2 Å². The first-order chi connectivity index (χ1) is 7.63. The number of aromatic nitrogens is 1. The predicted octanol–water partition coefficient (Wildman–Crippen LogP) is 3.04. The largest absolute Gasteiger partial charge is 0.481 e. The van der Waals surface area contributed by atoms with E-state index >= 15 is 0 Å². The van der Waals surface area contributed by atoms with Crippen LogP contribution in [0.1, 0.15) is 12.5 Å². The molecule has 0 aromatic carbocycles. The fraction of sp³-hybridized carbons (Fsp3) is 0.273. The van der Waals surface area contributed by atoms with Gasteiger partial charge in [0.2, 0.25) is 5.88 Å². The number of rotatable bonds is 4. The number of ether oxygens (including phenoxy) is 1. The summed E-state index contributed by atoms with van der Waals surface area (Å²) in [6, 6.07) is 1.77. The Hall–Kier alpha value is -1.00. The molecular formula is C11H12ClNO2S. The van der Waals surface area contributed by atoms with Gasteiger partial charge in [-0.25, -0.2) is 4.98 Å². The highest BCUT2D eigenvalue weighted by atomic mass is 35.5. The zero-order chi connectivity index (χ0) is 12.0. The molecule has 0 radical (unpaired) electrons. The van der Waals surface area contributed by atoms with Crippen LogP contribution in [0.3, 0.4) is 0 Å². The maximum atomic E-state index is 10.7. The Bertz CT molecular complexity index is 407. The molecule has 0 fully saturated rings. The van der Waals surface area contributed by atoms with E-state index in [2.05, 4.69) is 4.98 Å². The van der Waals surface area contributed by atoms with E-state index in [0.717, 1.165) is 5.56 Å². The minimum absolute atomic E-state index is 0.0980. The molecule has 0 spiro atoms. The van der Waals surface area contributed by atoms with Crippen LogP contribution >= 0.6 is 23.4 Å². The topological polar surface area (TPSA) is 39.2 Å². The maximum absolute atomic E-state index is 10.7. The minimum Gasteiger partial charge on any atom is -0.481 e. The molecule has 0 saturated heterocycles. The normalized spacial score (nSPS) is 10.7. The average molecular weight is 258 g/mol. The fourth-order valence-electron chi connectivity index (χ4n) is 1.07. The Morgan fingerprint density at radius 3 is 3.06 bits per heavy atom. The summed E-state index contributed by atoms with van der Waals surface area (Å²) in [5.74, 6) is 1.15. The molecule has 1 aromatic rings. The average Bonchev–Trinajstić information content (AvgIpc) is 2.24. The lowest BCUT2D eigenvalue weighted by Gasteiger charge is -2.03. The van der Waals surface area contributed by atoms with Gasteiger partial charge < -0.3 is 4.74 Å². The second kappa shape index (κ2) is 6.55. The van der Waals surface area contributed by atoms with Gasteiger partial charge in [0.15, 0.2) is 5.12 Å². The van der Waals surface area contributed by atoms with Crippen LogP contribution in [0.4, 0.5) is 0 Å². The number of hydrogen-bond acceptors (Lipinski definition) is 4. The molecule has 0 unspecified atom stereocenters. The fourth-order valence-corrected chi connectivity index (χ4v) is 1.67. The molecule has 0 saturated carbocycles. The molecule has 0 bridgehead atoms. The molecule has 0 amide bonds. The van der Waals surface area contributed by atoms with Crippen molar-refractivity contribution < 1.29 is 9.53 Å². The number of methoxy groups -OCH3 is 1. The van der Waals surface area contributed by atoms with E-state index in [4.69, 9.17) is 16.3 Å². The summed E-state index contributed by atoms with van der Waals surface area (Å²) in [5, 5.41) is 0.653. The molecule has 1 rings (SSSR count). The third kappa shape index (κ3) is 4.24. The maximum Gasteiger partial charge on any atom is 0.220 e. The number of halogens is 1. The van der Waals surface area contributed by atoms with Crippen molar-refractivity contribution in [2.45, 2.75) is 6.92 Å². The van der Waals surface area contributed by atoms with E-state index in [0.29, 0.717) is 16.7 Å². The number of thioether (sulfide) groups is 1. The lowest BCUT2D eigenvalue weighted by atomic mass is 10.2. The molecule has 0 aliphatic rings. The van der Waals surface area contributed by atoms with Gasteiger partial charge in [0.05, 0.1) is 12.1 Å². The monoisotopic (exact) mass is 257 g/mol. The SMILES string of the molecule is COc1ncc(Cl)cc1C=CCSC(C)=O. The number of pyridine rings is 1. The molecule has 3 nitrogen and oxygen atoms in total. The summed E-state index contributed by atoms with van der Waals surface area (Å²) in [7, 11) is 1.55. The summed E-state index contributed by atoms with van der Waals surface area (Å²) in [4.78, 5) is 14.7. The summed E-state index contributed by atoms with van der Waals surface area (Å²) in [6.45, 7) is 1.54. The smallest absolute Gasteiger partial charge is 0.220 e. The summed E-state index contributed by atoms with van der Waals surface area (Å²) >= 11 is 7.07. The van der Waals surface area contributed by atoms with Gasteiger partial charge in [0.1, 0.15) is 0 Å². The van der Waals surface area contributed by atoms with E-state index in [9.17, 15) is 4.79 Å². The first-order valence-corrected chi connectivity index (χ1v) is 5.99. The van der Waals surface area contributed by atoms with Crippen molar-refractivity contribution in [3.05, 3.63) is 28.9 Å². The third-order valence-corrected chi connectivity index (χ3v) is 2.69. The summed E-state index contributed by atoms with van der Waals surface area (Å²) in [6.07, 6.45) is 5.25. The van der Waals surface area contributed by atoms with Crippen LogP contribution < -0.4 is 4.74 Å². The number of carbonyl (C=O) groups excluding carboxylic acids is 1. The molecule has 1 heterocycles. The molecule has 1 aromatic heterocycles. The molecule has 0 aliphatic heterocycles. The zero-order valence-corrected chi connectivity index (χ0v) is 10.6. The Morgan fingerprint density at radius 2 is 2.44 bits per heavy atom. The Labute approximate surface area is 104 Å². The number of carbonyl (C=O) groups is 1. The van der Waals surface area contributed by atoms with E-state index in [1.165, 1.54) is 18.0 Å². The van der Waals surface area contributed by atoms with Gasteiger partial charge in [-0.05, 0) is 6.07 Å². The molecule has 5 heteroatoms. The highest BCUT2D eigenvalue weighted by Crippen LogP contribution is 2.20. The van der Waals surface area contributed by atoms with Crippen LogP contribution in [0.2, 0.25) is 5.02 Å². The van der Waals surface area contributed by atoms with Gasteiger partial charge in [-0.3, -0.25) is 4.79 Å². The Balaban J connectivity index is 2.71. The van der Waals surface area contributed by atoms with Gasteiger partial charge in [-0.2, -0.15) is 0 Å². The lowest BCUT2D eigenvalue weighted by Crippen LogP contribution is -1.90. The molecule has 0 aliphatic carbocycles. The van der Waals surface area contributed by atoms with Gasteiger partial charge in [-0.15, -0.1) is 0 Å². The van der Waals surface area contributed by atoms with Crippen molar-refractivity contribution in [2.24, 2.45) is 0 Å². The molecule has 0 atom stereocenters. The minimum atomic E-state index is 0.0980. The van der Waals surface area contributed by atoms with Crippen LogP contribution in [-0.4, -0.2) is 23.0 Å². The van der Waals surface area contributed by atoms with E-state index in [-0.39, 0.29) is 5.12 Å². The first kappa shape index (κ1) is 13.1. The second-order valence-corrected chi connectivity index (χ2v) is 4.59. The second-order valence-electron chi connectivity index (χ2n) is 2.96. The third-order valence-electron chi connectivity index (χ3n) is 1.72. The van der Waals surface area contributed by atoms with Crippen LogP contribution in [0, 0.1) is 0 Å². The van der Waals surface area contributed by atoms with Crippen molar-refractivity contribution in [3.8, 4) is 5.88 Å². The predicted molar refractivity (Wildman–Crippen MR) is 68.0 cm³/mol. The first-order valence-electron chi connectivity index (χ1n) is 4.63. The van der Waals surface area contributed by atoms with Gasteiger partial charge in [-0.1, -0.05) is 35.5 Å². The number of nitrogens with zero attached hydrogens (tertiary/aromatic N) is 1. The van der Waals surface area contributed by atoms with Gasteiger partial charge in [0.25, 0.3) is 0 Å². The highest BCUT2D eigenvalue weighted by Gasteiger charge is 2.01. The standard InChI is InChI=1S/C11H12ClNO2S/c1-8(14)16-5-3-4-9-6-10(12)7-13-11(9)15-2/h3-4,6-7H,5H2,1-2H3.